The van der Waals surface area contributed by atoms with Gasteiger partial charge in [0.05, 0.1) is 5.38 Å². The molecule has 4 heteroatoms. The van der Waals surface area contributed by atoms with Crippen LogP contribution < -0.4 is 0 Å². The molecule has 2 aromatic carbocycles. The lowest BCUT2D eigenvalue weighted by molar-refractivity contribution is 0.525. The summed E-state index contributed by atoms with van der Waals surface area (Å²) in [7, 11) is 0. The van der Waals surface area contributed by atoms with Crippen molar-refractivity contribution in [1.29, 1.82) is 0 Å². The highest BCUT2D eigenvalue weighted by Gasteiger charge is 2.13. The molecule has 96 valence electrons. The maximum Gasteiger partial charge on any atom is 0.197 e. The molecule has 2 nitrogen and oxygen atoms in total. The first-order valence-corrected chi connectivity index (χ1v) is 7.19. The lowest BCUT2D eigenvalue weighted by atomic mass is 10.1. The van der Waals surface area contributed by atoms with Gasteiger partial charge < -0.3 is 4.42 Å². The molecule has 0 N–H and O–H groups in total. The van der Waals surface area contributed by atoms with E-state index in [4.69, 9.17) is 16.0 Å². The minimum Gasteiger partial charge on any atom is -0.441 e. The Hall–Kier alpha value is -1.32. The molecule has 0 saturated carbocycles. The number of oxazole rings is 1. The van der Waals surface area contributed by atoms with Gasteiger partial charge in [0, 0.05) is 10.9 Å². The summed E-state index contributed by atoms with van der Waals surface area (Å²) in [5.74, 6) is 0.668. The topological polar surface area (TPSA) is 26.0 Å². The van der Waals surface area contributed by atoms with Crippen molar-refractivity contribution in [2.75, 3.05) is 0 Å². The summed E-state index contributed by atoms with van der Waals surface area (Å²) in [6.07, 6.45) is 0.576. The van der Waals surface area contributed by atoms with Crippen LogP contribution in [0.3, 0.4) is 0 Å². The van der Waals surface area contributed by atoms with Crippen LogP contribution >= 0.6 is 27.5 Å². The fourth-order valence-corrected chi connectivity index (χ4v) is 2.66. The SMILES string of the molecule is ClC(Cc1nc2ccccc2o1)c1cccc(Br)c1. The molecule has 0 aliphatic heterocycles. The first kappa shape index (κ1) is 12.7. The maximum absolute atomic E-state index is 6.42. The molecular formula is C15H11BrClNO. The Kier molecular flexibility index (Phi) is 3.58. The normalized spacial score (nSPS) is 12.7. The second-order valence-electron chi connectivity index (χ2n) is 4.30. The summed E-state index contributed by atoms with van der Waals surface area (Å²) in [6.45, 7) is 0. The molecular weight excluding hydrogens is 326 g/mol. The van der Waals surface area contributed by atoms with E-state index in [0.29, 0.717) is 12.3 Å². The van der Waals surface area contributed by atoms with Gasteiger partial charge in [-0.1, -0.05) is 40.2 Å². The Morgan fingerprint density at radius 1 is 1.16 bits per heavy atom. The van der Waals surface area contributed by atoms with Crippen LogP contribution in [-0.2, 0) is 6.42 Å². The van der Waals surface area contributed by atoms with E-state index < -0.39 is 0 Å². The summed E-state index contributed by atoms with van der Waals surface area (Å²) >= 11 is 9.87. The summed E-state index contributed by atoms with van der Waals surface area (Å²) in [5, 5.41) is -0.148. The molecule has 0 bridgehead atoms. The maximum atomic E-state index is 6.42. The Balaban J connectivity index is 1.84. The zero-order valence-electron chi connectivity index (χ0n) is 10.0. The van der Waals surface area contributed by atoms with E-state index in [-0.39, 0.29) is 5.38 Å². The second kappa shape index (κ2) is 5.35. The number of hydrogen-bond donors (Lipinski definition) is 0. The van der Waals surface area contributed by atoms with Gasteiger partial charge in [-0.3, -0.25) is 0 Å². The summed E-state index contributed by atoms with van der Waals surface area (Å²) in [4.78, 5) is 4.44. The molecule has 0 saturated heterocycles. The Labute approximate surface area is 124 Å². The van der Waals surface area contributed by atoms with Crippen molar-refractivity contribution in [3.63, 3.8) is 0 Å². The van der Waals surface area contributed by atoms with Gasteiger partial charge in [0.2, 0.25) is 0 Å². The number of aromatic nitrogens is 1. The number of halogens is 2. The van der Waals surface area contributed by atoms with Gasteiger partial charge in [0.25, 0.3) is 0 Å². The largest absolute Gasteiger partial charge is 0.441 e. The predicted molar refractivity (Wildman–Crippen MR) is 80.4 cm³/mol. The van der Waals surface area contributed by atoms with Crippen molar-refractivity contribution in [1.82, 2.24) is 4.98 Å². The number of fused-ring (bicyclic) bond motifs is 1. The van der Waals surface area contributed by atoms with E-state index in [9.17, 15) is 0 Å². The van der Waals surface area contributed by atoms with Crippen LogP contribution in [0.4, 0.5) is 0 Å². The minimum atomic E-state index is -0.148. The fraction of sp³-hybridized carbons (Fsp3) is 0.133. The molecule has 0 amide bonds. The highest BCUT2D eigenvalue weighted by molar-refractivity contribution is 9.10. The fourth-order valence-electron chi connectivity index (χ4n) is 1.98. The average molecular weight is 337 g/mol. The van der Waals surface area contributed by atoms with Crippen LogP contribution in [0.2, 0.25) is 0 Å². The smallest absolute Gasteiger partial charge is 0.197 e. The van der Waals surface area contributed by atoms with Crippen LogP contribution in [0.25, 0.3) is 11.1 Å². The van der Waals surface area contributed by atoms with E-state index >= 15 is 0 Å². The second-order valence-corrected chi connectivity index (χ2v) is 5.74. The quantitative estimate of drug-likeness (QED) is 0.621. The number of benzene rings is 2. The number of rotatable bonds is 3. The zero-order valence-corrected chi connectivity index (χ0v) is 12.4. The van der Waals surface area contributed by atoms with Crippen LogP contribution in [-0.4, -0.2) is 4.98 Å². The van der Waals surface area contributed by atoms with Gasteiger partial charge in [0.15, 0.2) is 11.5 Å². The predicted octanol–water partition coefficient (Wildman–Crippen LogP) is 5.11. The van der Waals surface area contributed by atoms with Crippen molar-refractivity contribution in [3.8, 4) is 0 Å². The molecule has 0 aliphatic carbocycles. The first-order chi connectivity index (χ1) is 9.22. The van der Waals surface area contributed by atoms with Crippen LogP contribution in [0.15, 0.2) is 57.4 Å². The van der Waals surface area contributed by atoms with E-state index in [1.165, 1.54) is 0 Å². The summed E-state index contributed by atoms with van der Waals surface area (Å²) < 4.78 is 6.70. The molecule has 0 aliphatic rings. The van der Waals surface area contributed by atoms with E-state index in [2.05, 4.69) is 20.9 Å². The highest BCUT2D eigenvalue weighted by Crippen LogP contribution is 2.28. The Morgan fingerprint density at radius 2 is 2.00 bits per heavy atom. The first-order valence-electron chi connectivity index (χ1n) is 5.96. The van der Waals surface area contributed by atoms with Gasteiger partial charge in [-0.2, -0.15) is 0 Å². The molecule has 1 unspecified atom stereocenters. The minimum absolute atomic E-state index is 0.148. The van der Waals surface area contributed by atoms with E-state index in [0.717, 1.165) is 21.1 Å². The third-order valence-corrected chi connectivity index (χ3v) is 3.80. The Bertz CT molecular complexity index is 677. The third kappa shape index (κ3) is 2.82. The van der Waals surface area contributed by atoms with E-state index in [1.807, 2.05) is 48.5 Å². The number of hydrogen-bond acceptors (Lipinski definition) is 2. The summed E-state index contributed by atoms with van der Waals surface area (Å²) in [5.41, 5.74) is 2.73. The van der Waals surface area contributed by atoms with Gasteiger partial charge in [-0.05, 0) is 29.8 Å². The van der Waals surface area contributed by atoms with Crippen molar-refractivity contribution >= 4 is 38.6 Å². The molecule has 1 aromatic heterocycles. The molecule has 1 heterocycles. The van der Waals surface area contributed by atoms with Crippen LogP contribution in [0.5, 0.6) is 0 Å². The van der Waals surface area contributed by atoms with Gasteiger partial charge in [-0.25, -0.2) is 4.98 Å². The zero-order chi connectivity index (χ0) is 13.2. The van der Waals surface area contributed by atoms with Gasteiger partial charge in [0.1, 0.15) is 5.52 Å². The molecule has 0 radical (unpaired) electrons. The standard InChI is InChI=1S/C15H11BrClNO/c16-11-5-3-4-10(8-11)12(17)9-15-18-13-6-1-2-7-14(13)19-15/h1-8,12H,9H2. The van der Waals surface area contributed by atoms with Crippen LogP contribution in [0, 0.1) is 0 Å². The molecule has 0 spiro atoms. The van der Waals surface area contributed by atoms with Gasteiger partial charge in [-0.15, -0.1) is 11.6 Å². The van der Waals surface area contributed by atoms with Crippen molar-refractivity contribution in [2.45, 2.75) is 11.8 Å². The molecule has 1 atom stereocenters. The third-order valence-electron chi connectivity index (χ3n) is 2.90. The number of nitrogens with zero attached hydrogens (tertiary/aromatic N) is 1. The van der Waals surface area contributed by atoms with Gasteiger partial charge >= 0.3 is 0 Å². The lowest BCUT2D eigenvalue weighted by Crippen LogP contribution is -1.96. The number of para-hydroxylation sites is 2. The summed E-state index contributed by atoms with van der Waals surface area (Å²) in [6, 6.07) is 15.7. The van der Waals surface area contributed by atoms with Crippen molar-refractivity contribution < 1.29 is 4.42 Å². The monoisotopic (exact) mass is 335 g/mol. The molecule has 19 heavy (non-hydrogen) atoms. The molecule has 3 aromatic rings. The lowest BCUT2D eigenvalue weighted by Gasteiger charge is -2.07. The molecule has 0 fully saturated rings. The number of alkyl halides is 1. The van der Waals surface area contributed by atoms with Crippen LogP contribution in [0.1, 0.15) is 16.8 Å². The van der Waals surface area contributed by atoms with E-state index in [1.54, 1.807) is 0 Å². The average Bonchev–Trinajstić information content (AvgIpc) is 2.80. The van der Waals surface area contributed by atoms with Crippen molar-refractivity contribution in [2.24, 2.45) is 0 Å². The van der Waals surface area contributed by atoms with Crippen molar-refractivity contribution in [3.05, 3.63) is 64.5 Å². The molecule has 3 rings (SSSR count). The Morgan fingerprint density at radius 3 is 2.79 bits per heavy atom. The highest BCUT2D eigenvalue weighted by atomic mass is 79.9.